The summed E-state index contributed by atoms with van der Waals surface area (Å²) in [6.07, 6.45) is 8.40. The Bertz CT molecular complexity index is 587. The monoisotopic (exact) mass is 311 g/mol. The van der Waals surface area contributed by atoms with E-state index in [1.54, 1.807) is 24.3 Å². The lowest BCUT2D eigenvalue weighted by Gasteiger charge is -2.41. The first-order chi connectivity index (χ1) is 11.2. The van der Waals surface area contributed by atoms with Gasteiger partial charge in [0.05, 0.1) is 17.6 Å². The fourth-order valence-corrected chi connectivity index (χ4v) is 4.37. The normalized spacial score (nSPS) is 30.1. The van der Waals surface area contributed by atoms with Gasteiger partial charge in [0.25, 0.3) is 0 Å². The smallest absolute Gasteiger partial charge is 0.314 e. The average molecular weight is 311 g/mol. The molecule has 0 N–H and O–H groups in total. The molecule has 3 heteroatoms. The van der Waals surface area contributed by atoms with Gasteiger partial charge in [-0.2, -0.15) is 5.26 Å². The number of carbonyl (C=O) groups is 1. The van der Waals surface area contributed by atoms with Crippen molar-refractivity contribution >= 4 is 5.97 Å². The second-order valence-corrected chi connectivity index (χ2v) is 7.17. The number of esters is 1. The van der Waals surface area contributed by atoms with Crippen molar-refractivity contribution in [1.82, 2.24) is 0 Å². The number of benzene rings is 1. The van der Waals surface area contributed by atoms with E-state index < -0.39 is 0 Å². The molecule has 1 aromatic rings. The average Bonchev–Trinajstić information content (AvgIpc) is 2.61. The molecule has 0 saturated heterocycles. The molecule has 2 fully saturated rings. The van der Waals surface area contributed by atoms with Crippen molar-refractivity contribution in [3.63, 3.8) is 0 Å². The van der Waals surface area contributed by atoms with Crippen LogP contribution in [0.1, 0.15) is 57.4 Å². The van der Waals surface area contributed by atoms with Crippen molar-refractivity contribution in [3.8, 4) is 11.8 Å². The van der Waals surface area contributed by atoms with E-state index >= 15 is 0 Å². The number of fused-ring (bicyclic) bond motifs is 1. The van der Waals surface area contributed by atoms with Crippen LogP contribution < -0.4 is 4.74 Å². The number of hydrogen-bond donors (Lipinski definition) is 0. The first kappa shape index (κ1) is 16.1. The molecule has 0 heterocycles. The molecule has 2 saturated carbocycles. The molecule has 1 aromatic carbocycles. The SMILES string of the molecule is CCC1CCC2CC(C(=O)Oc3ccc(C#N)cc3)CCC2C1. The highest BCUT2D eigenvalue weighted by atomic mass is 16.5. The maximum Gasteiger partial charge on any atom is 0.314 e. The van der Waals surface area contributed by atoms with Crippen LogP contribution in [0.2, 0.25) is 0 Å². The Hall–Kier alpha value is -1.82. The Morgan fingerprint density at radius 1 is 1.13 bits per heavy atom. The summed E-state index contributed by atoms with van der Waals surface area (Å²) in [4.78, 5) is 12.4. The number of carbonyl (C=O) groups excluding carboxylic acids is 1. The highest BCUT2D eigenvalue weighted by Crippen LogP contribution is 2.45. The van der Waals surface area contributed by atoms with E-state index in [1.165, 1.54) is 32.1 Å². The third-order valence-electron chi connectivity index (χ3n) is 5.83. The van der Waals surface area contributed by atoms with Crippen molar-refractivity contribution in [2.24, 2.45) is 23.7 Å². The van der Waals surface area contributed by atoms with E-state index in [0.717, 1.165) is 24.7 Å². The molecule has 4 unspecified atom stereocenters. The minimum atomic E-state index is -0.0919. The minimum Gasteiger partial charge on any atom is -0.426 e. The number of rotatable bonds is 3. The summed E-state index contributed by atoms with van der Waals surface area (Å²) < 4.78 is 5.53. The third kappa shape index (κ3) is 3.75. The minimum absolute atomic E-state index is 0.0464. The van der Waals surface area contributed by atoms with Crippen LogP contribution in [-0.4, -0.2) is 5.97 Å². The molecule has 0 spiro atoms. The van der Waals surface area contributed by atoms with E-state index in [2.05, 4.69) is 13.0 Å². The number of nitriles is 1. The van der Waals surface area contributed by atoms with Crippen LogP contribution in [0.5, 0.6) is 5.75 Å². The fraction of sp³-hybridized carbons (Fsp3) is 0.600. The second kappa shape index (κ2) is 7.17. The molecule has 3 nitrogen and oxygen atoms in total. The zero-order valence-corrected chi connectivity index (χ0v) is 13.8. The highest BCUT2D eigenvalue weighted by Gasteiger charge is 2.37. The standard InChI is InChI=1S/C20H25NO2/c1-2-14-3-6-17-12-18(8-7-16(17)11-14)20(22)23-19-9-4-15(13-21)5-10-19/h4-5,9-10,14,16-18H,2-3,6-8,11-12H2,1H3. The molecule has 0 amide bonds. The summed E-state index contributed by atoms with van der Waals surface area (Å²) in [6, 6.07) is 8.85. The number of hydrogen-bond acceptors (Lipinski definition) is 3. The van der Waals surface area contributed by atoms with Gasteiger partial charge in [0, 0.05) is 0 Å². The largest absolute Gasteiger partial charge is 0.426 e. The molecular formula is C20H25NO2. The van der Waals surface area contributed by atoms with Crippen LogP contribution >= 0.6 is 0 Å². The lowest BCUT2D eigenvalue weighted by molar-refractivity contribution is -0.141. The van der Waals surface area contributed by atoms with E-state index in [0.29, 0.717) is 17.2 Å². The van der Waals surface area contributed by atoms with Crippen LogP contribution in [0.3, 0.4) is 0 Å². The van der Waals surface area contributed by atoms with Gasteiger partial charge < -0.3 is 4.74 Å². The van der Waals surface area contributed by atoms with E-state index in [-0.39, 0.29) is 11.9 Å². The Kier molecular flexibility index (Phi) is 5.00. The zero-order chi connectivity index (χ0) is 16.2. The van der Waals surface area contributed by atoms with Crippen molar-refractivity contribution < 1.29 is 9.53 Å². The van der Waals surface area contributed by atoms with Crippen molar-refractivity contribution in [2.75, 3.05) is 0 Å². The Balaban J connectivity index is 1.56. The predicted molar refractivity (Wildman–Crippen MR) is 88.7 cm³/mol. The molecule has 0 aliphatic heterocycles. The third-order valence-corrected chi connectivity index (χ3v) is 5.83. The summed E-state index contributed by atoms with van der Waals surface area (Å²) in [5.74, 6) is 2.94. The molecular weight excluding hydrogens is 286 g/mol. The lowest BCUT2D eigenvalue weighted by Crippen LogP contribution is -2.35. The van der Waals surface area contributed by atoms with Gasteiger partial charge in [0.2, 0.25) is 0 Å². The van der Waals surface area contributed by atoms with Gasteiger partial charge in [0.1, 0.15) is 5.75 Å². The van der Waals surface area contributed by atoms with Crippen LogP contribution in [0.25, 0.3) is 0 Å². The first-order valence-electron chi connectivity index (χ1n) is 8.91. The van der Waals surface area contributed by atoms with Crippen LogP contribution in [0.15, 0.2) is 24.3 Å². The lowest BCUT2D eigenvalue weighted by atomic mass is 9.64. The van der Waals surface area contributed by atoms with E-state index in [9.17, 15) is 4.79 Å². The van der Waals surface area contributed by atoms with Gasteiger partial charge in [0.15, 0.2) is 0 Å². The Morgan fingerprint density at radius 3 is 2.52 bits per heavy atom. The van der Waals surface area contributed by atoms with Crippen LogP contribution in [0.4, 0.5) is 0 Å². The maximum absolute atomic E-state index is 12.4. The molecule has 0 aromatic heterocycles. The quantitative estimate of drug-likeness (QED) is 0.600. The van der Waals surface area contributed by atoms with Gasteiger partial charge >= 0.3 is 5.97 Å². The van der Waals surface area contributed by atoms with Gasteiger partial charge in [-0.15, -0.1) is 0 Å². The van der Waals surface area contributed by atoms with Crippen molar-refractivity contribution in [3.05, 3.63) is 29.8 Å². The summed E-state index contributed by atoms with van der Waals surface area (Å²) in [5, 5.41) is 8.80. The Labute approximate surface area is 138 Å². The molecule has 2 aliphatic rings. The number of nitrogens with zero attached hydrogens (tertiary/aromatic N) is 1. The summed E-state index contributed by atoms with van der Waals surface area (Å²) in [5.41, 5.74) is 0.581. The summed E-state index contributed by atoms with van der Waals surface area (Å²) in [7, 11) is 0. The molecule has 0 bridgehead atoms. The van der Waals surface area contributed by atoms with Crippen LogP contribution in [-0.2, 0) is 4.79 Å². The molecule has 122 valence electrons. The summed E-state index contributed by atoms with van der Waals surface area (Å²) in [6.45, 7) is 2.30. The second-order valence-electron chi connectivity index (χ2n) is 7.17. The molecule has 2 aliphatic carbocycles. The van der Waals surface area contributed by atoms with Crippen molar-refractivity contribution in [2.45, 2.75) is 51.9 Å². The van der Waals surface area contributed by atoms with E-state index in [4.69, 9.17) is 10.00 Å². The van der Waals surface area contributed by atoms with Crippen LogP contribution in [0, 0.1) is 35.0 Å². The molecule has 0 radical (unpaired) electrons. The maximum atomic E-state index is 12.4. The molecule has 23 heavy (non-hydrogen) atoms. The van der Waals surface area contributed by atoms with Crippen molar-refractivity contribution in [1.29, 1.82) is 5.26 Å². The first-order valence-corrected chi connectivity index (χ1v) is 8.91. The fourth-order valence-electron chi connectivity index (χ4n) is 4.37. The molecule has 4 atom stereocenters. The van der Waals surface area contributed by atoms with Gasteiger partial charge in [-0.25, -0.2) is 0 Å². The number of ether oxygens (including phenoxy) is 1. The summed E-state index contributed by atoms with van der Waals surface area (Å²) >= 11 is 0. The topological polar surface area (TPSA) is 50.1 Å². The van der Waals surface area contributed by atoms with E-state index in [1.807, 2.05) is 0 Å². The zero-order valence-electron chi connectivity index (χ0n) is 13.8. The molecule has 3 rings (SSSR count). The predicted octanol–water partition coefficient (Wildman–Crippen LogP) is 4.71. The highest BCUT2D eigenvalue weighted by molar-refractivity contribution is 5.75. The van der Waals surface area contributed by atoms with Gasteiger partial charge in [-0.05, 0) is 74.1 Å². The van der Waals surface area contributed by atoms with Gasteiger partial charge in [-0.1, -0.05) is 19.8 Å². The van der Waals surface area contributed by atoms with Gasteiger partial charge in [-0.3, -0.25) is 4.79 Å². The Morgan fingerprint density at radius 2 is 1.83 bits per heavy atom.